The molecule has 0 aliphatic rings. The maximum Gasteiger partial charge on any atom is 0.326 e. The number of hydrogen-bond donors (Lipinski definition) is 4. The summed E-state index contributed by atoms with van der Waals surface area (Å²) in [6.07, 6.45) is -0.0287. The van der Waals surface area contributed by atoms with Gasteiger partial charge in [0.2, 0.25) is 0 Å². The van der Waals surface area contributed by atoms with E-state index in [1.54, 1.807) is 0 Å². The van der Waals surface area contributed by atoms with Crippen LogP contribution in [-0.4, -0.2) is 39.8 Å². The van der Waals surface area contributed by atoms with Crippen LogP contribution < -0.4 is 10.6 Å². The fraction of sp³-hybridized carbons (Fsp3) is 0.500. The number of rotatable bonds is 6. The number of carbonyl (C=O) groups excluding carboxylic acids is 1. The van der Waals surface area contributed by atoms with E-state index in [0.29, 0.717) is 0 Å². The number of urea groups is 1. The van der Waals surface area contributed by atoms with Crippen LogP contribution in [0.1, 0.15) is 17.1 Å². The molecule has 0 spiro atoms. The first-order valence-corrected chi connectivity index (χ1v) is 6.20. The Morgan fingerprint density at radius 3 is 2.78 bits per heavy atom. The smallest absolute Gasteiger partial charge is 0.326 e. The number of carboxylic acid groups (broad SMARTS) is 1. The Morgan fingerprint density at radius 1 is 1.56 bits per heavy atom. The molecule has 8 heteroatoms. The van der Waals surface area contributed by atoms with Crippen molar-refractivity contribution in [3.8, 4) is 0 Å². The highest BCUT2D eigenvalue weighted by Gasteiger charge is 2.18. The molecule has 0 saturated heterocycles. The number of carboxylic acids is 1. The summed E-state index contributed by atoms with van der Waals surface area (Å²) in [5.74, 6) is -1.18. The lowest BCUT2D eigenvalue weighted by Crippen LogP contribution is -2.46. The summed E-state index contributed by atoms with van der Waals surface area (Å²) >= 11 is 1.42. The minimum absolute atomic E-state index is 0.0287. The van der Waals surface area contributed by atoms with Gasteiger partial charge in [-0.05, 0) is 6.92 Å². The lowest BCUT2D eigenvalue weighted by Gasteiger charge is -2.13. The molecule has 100 valence electrons. The molecular formula is C10H15N3O4S. The van der Waals surface area contributed by atoms with Crippen molar-refractivity contribution in [2.24, 2.45) is 0 Å². The van der Waals surface area contributed by atoms with Crippen molar-refractivity contribution >= 4 is 23.3 Å². The maximum absolute atomic E-state index is 11.4. The molecule has 0 aliphatic heterocycles. The Bertz CT molecular complexity index is 421. The van der Waals surface area contributed by atoms with Gasteiger partial charge in [-0.1, -0.05) is 0 Å². The number of nitrogens with zero attached hydrogens (tertiary/aromatic N) is 1. The fourth-order valence-electron chi connectivity index (χ4n) is 1.24. The summed E-state index contributed by atoms with van der Waals surface area (Å²) < 4.78 is 0. The van der Waals surface area contributed by atoms with Crippen LogP contribution in [0.15, 0.2) is 5.38 Å². The SMILES string of the molecule is Cc1csc(CNC(=O)NC(CCO)C(=O)O)n1. The van der Waals surface area contributed by atoms with Crippen LogP contribution in [0.25, 0.3) is 0 Å². The van der Waals surface area contributed by atoms with Crippen LogP contribution in [0, 0.1) is 6.92 Å². The quantitative estimate of drug-likeness (QED) is 0.587. The van der Waals surface area contributed by atoms with Crippen molar-refractivity contribution in [1.29, 1.82) is 0 Å². The summed E-state index contributed by atoms with van der Waals surface area (Å²) in [6, 6.07) is -1.68. The zero-order valence-corrected chi connectivity index (χ0v) is 10.7. The maximum atomic E-state index is 11.4. The molecule has 0 bridgehead atoms. The van der Waals surface area contributed by atoms with Gasteiger partial charge in [-0.15, -0.1) is 11.3 Å². The predicted molar refractivity (Wildman–Crippen MR) is 65.3 cm³/mol. The molecule has 0 fully saturated rings. The molecule has 7 nitrogen and oxygen atoms in total. The number of aliphatic hydroxyl groups is 1. The Labute approximate surface area is 108 Å². The third kappa shape index (κ3) is 4.68. The number of aliphatic carboxylic acids is 1. The average molecular weight is 273 g/mol. The molecule has 2 amide bonds. The Balaban J connectivity index is 2.38. The van der Waals surface area contributed by atoms with E-state index in [0.717, 1.165) is 10.7 Å². The highest BCUT2D eigenvalue weighted by molar-refractivity contribution is 7.09. The van der Waals surface area contributed by atoms with Gasteiger partial charge in [0.15, 0.2) is 0 Å². The van der Waals surface area contributed by atoms with Gasteiger partial charge in [-0.2, -0.15) is 0 Å². The van der Waals surface area contributed by atoms with Gasteiger partial charge in [-0.25, -0.2) is 14.6 Å². The normalized spacial score (nSPS) is 11.9. The molecule has 1 atom stereocenters. The Kier molecular flexibility index (Phi) is 5.53. The molecular weight excluding hydrogens is 258 g/mol. The zero-order valence-electron chi connectivity index (χ0n) is 9.84. The number of thiazole rings is 1. The van der Waals surface area contributed by atoms with Gasteiger partial charge in [0, 0.05) is 24.1 Å². The van der Waals surface area contributed by atoms with Crippen molar-refractivity contribution in [3.05, 3.63) is 16.1 Å². The van der Waals surface area contributed by atoms with Gasteiger partial charge in [0.25, 0.3) is 0 Å². The van der Waals surface area contributed by atoms with Crippen LogP contribution >= 0.6 is 11.3 Å². The Morgan fingerprint density at radius 2 is 2.28 bits per heavy atom. The minimum atomic E-state index is -1.18. The van der Waals surface area contributed by atoms with Gasteiger partial charge in [0.05, 0.1) is 6.54 Å². The van der Waals surface area contributed by atoms with E-state index in [1.807, 2.05) is 12.3 Å². The number of nitrogens with one attached hydrogen (secondary N) is 2. The summed E-state index contributed by atoms with van der Waals surface area (Å²) in [7, 11) is 0. The van der Waals surface area contributed by atoms with E-state index >= 15 is 0 Å². The van der Waals surface area contributed by atoms with Gasteiger partial charge in [0.1, 0.15) is 11.0 Å². The number of aryl methyl sites for hydroxylation is 1. The van der Waals surface area contributed by atoms with Crippen molar-refractivity contribution in [1.82, 2.24) is 15.6 Å². The number of aromatic nitrogens is 1. The highest BCUT2D eigenvalue weighted by Crippen LogP contribution is 2.07. The first-order chi connectivity index (χ1) is 8.52. The number of carbonyl (C=O) groups is 2. The van der Waals surface area contributed by atoms with Crippen molar-refractivity contribution in [2.75, 3.05) is 6.61 Å². The monoisotopic (exact) mass is 273 g/mol. The molecule has 0 radical (unpaired) electrons. The molecule has 1 aromatic rings. The number of amides is 2. The second kappa shape index (κ2) is 6.92. The molecule has 1 rings (SSSR count). The molecule has 1 aromatic heterocycles. The first-order valence-electron chi connectivity index (χ1n) is 5.32. The first kappa shape index (κ1) is 14.4. The molecule has 0 aromatic carbocycles. The predicted octanol–water partition coefficient (Wildman–Crippen LogP) is 0.0863. The molecule has 0 saturated carbocycles. The second-order valence-electron chi connectivity index (χ2n) is 3.61. The lowest BCUT2D eigenvalue weighted by molar-refractivity contribution is -0.139. The molecule has 18 heavy (non-hydrogen) atoms. The molecule has 1 unspecified atom stereocenters. The second-order valence-corrected chi connectivity index (χ2v) is 4.56. The van der Waals surface area contributed by atoms with E-state index in [9.17, 15) is 9.59 Å². The molecule has 0 aliphatic carbocycles. The fourth-order valence-corrected chi connectivity index (χ4v) is 1.95. The lowest BCUT2D eigenvalue weighted by atomic mass is 10.2. The summed E-state index contributed by atoms with van der Waals surface area (Å²) in [5, 5.41) is 24.8. The summed E-state index contributed by atoms with van der Waals surface area (Å²) in [6.45, 7) is 1.79. The van der Waals surface area contributed by atoms with Crippen LogP contribution in [-0.2, 0) is 11.3 Å². The molecule has 1 heterocycles. The van der Waals surface area contributed by atoms with Crippen LogP contribution in [0.5, 0.6) is 0 Å². The van der Waals surface area contributed by atoms with E-state index in [1.165, 1.54) is 11.3 Å². The zero-order chi connectivity index (χ0) is 13.5. The van der Waals surface area contributed by atoms with E-state index < -0.39 is 18.0 Å². The van der Waals surface area contributed by atoms with Crippen LogP contribution in [0.3, 0.4) is 0 Å². The van der Waals surface area contributed by atoms with Gasteiger partial charge >= 0.3 is 12.0 Å². The average Bonchev–Trinajstić information content (AvgIpc) is 2.72. The summed E-state index contributed by atoms with van der Waals surface area (Å²) in [4.78, 5) is 26.3. The Hall–Kier alpha value is -1.67. The molecule has 4 N–H and O–H groups in total. The highest BCUT2D eigenvalue weighted by atomic mass is 32.1. The third-order valence-electron chi connectivity index (χ3n) is 2.09. The van der Waals surface area contributed by atoms with Crippen molar-refractivity contribution < 1.29 is 19.8 Å². The van der Waals surface area contributed by atoms with Gasteiger partial charge < -0.3 is 20.8 Å². The van der Waals surface area contributed by atoms with E-state index in [2.05, 4.69) is 15.6 Å². The summed E-state index contributed by atoms with van der Waals surface area (Å²) in [5.41, 5.74) is 0.876. The van der Waals surface area contributed by atoms with Gasteiger partial charge in [-0.3, -0.25) is 0 Å². The van der Waals surface area contributed by atoms with Crippen LogP contribution in [0.2, 0.25) is 0 Å². The number of aliphatic hydroxyl groups excluding tert-OH is 1. The minimum Gasteiger partial charge on any atom is -0.480 e. The van der Waals surface area contributed by atoms with E-state index in [-0.39, 0.29) is 19.6 Å². The van der Waals surface area contributed by atoms with Crippen molar-refractivity contribution in [2.45, 2.75) is 25.9 Å². The number of hydrogen-bond acceptors (Lipinski definition) is 5. The largest absolute Gasteiger partial charge is 0.480 e. The van der Waals surface area contributed by atoms with Crippen LogP contribution in [0.4, 0.5) is 4.79 Å². The van der Waals surface area contributed by atoms with E-state index in [4.69, 9.17) is 10.2 Å². The van der Waals surface area contributed by atoms with Crippen molar-refractivity contribution in [3.63, 3.8) is 0 Å². The standard InChI is InChI=1S/C10H15N3O4S/c1-6-5-18-8(12-6)4-11-10(17)13-7(2-3-14)9(15)16/h5,7,14H,2-4H2,1H3,(H,15,16)(H2,11,13,17). The topological polar surface area (TPSA) is 112 Å². The third-order valence-corrected chi connectivity index (χ3v) is 3.05.